The summed E-state index contributed by atoms with van der Waals surface area (Å²) in [4.78, 5) is 6.70. The van der Waals surface area contributed by atoms with Crippen LogP contribution in [0.3, 0.4) is 0 Å². The molecule has 0 saturated heterocycles. The molecular weight excluding hydrogens is 186 g/mol. The third-order valence-electron chi connectivity index (χ3n) is 2.80. The minimum absolute atomic E-state index is 0.748. The van der Waals surface area contributed by atoms with E-state index < -0.39 is 0 Å². The molecule has 2 rings (SSSR count). The zero-order chi connectivity index (χ0) is 10.7. The van der Waals surface area contributed by atoms with Gasteiger partial charge in [-0.2, -0.15) is 0 Å². The molecule has 0 atom stereocenters. The van der Waals surface area contributed by atoms with Crippen LogP contribution in [0.15, 0.2) is 18.3 Å². The van der Waals surface area contributed by atoms with Crippen LogP contribution in [0.25, 0.3) is 0 Å². The predicted molar refractivity (Wildman–Crippen MR) is 63.0 cm³/mol. The summed E-state index contributed by atoms with van der Waals surface area (Å²) >= 11 is 0. The predicted octanol–water partition coefficient (Wildman–Crippen LogP) is 1.71. The number of aromatic nitrogens is 1. The van der Waals surface area contributed by atoms with Gasteiger partial charge in [0, 0.05) is 30.2 Å². The van der Waals surface area contributed by atoms with E-state index in [9.17, 15) is 0 Å². The molecule has 0 aliphatic heterocycles. The summed E-state index contributed by atoms with van der Waals surface area (Å²) < 4.78 is 0. The van der Waals surface area contributed by atoms with Gasteiger partial charge < -0.3 is 10.6 Å². The van der Waals surface area contributed by atoms with E-state index in [0.29, 0.717) is 0 Å². The summed E-state index contributed by atoms with van der Waals surface area (Å²) in [7, 11) is 0. The van der Waals surface area contributed by atoms with Gasteiger partial charge >= 0.3 is 0 Å². The van der Waals surface area contributed by atoms with Crippen LogP contribution in [0.5, 0.6) is 0 Å². The van der Waals surface area contributed by atoms with E-state index in [1.54, 1.807) is 0 Å². The van der Waals surface area contributed by atoms with Crippen molar-refractivity contribution < 1.29 is 0 Å². The highest BCUT2D eigenvalue weighted by atomic mass is 15.2. The van der Waals surface area contributed by atoms with Crippen molar-refractivity contribution in [3.63, 3.8) is 0 Å². The van der Waals surface area contributed by atoms with Crippen molar-refractivity contribution in [2.75, 3.05) is 18.0 Å². The van der Waals surface area contributed by atoms with E-state index in [0.717, 1.165) is 31.2 Å². The van der Waals surface area contributed by atoms with Crippen molar-refractivity contribution in [2.24, 2.45) is 5.73 Å². The zero-order valence-electron chi connectivity index (χ0n) is 9.32. The fraction of sp³-hybridized carbons (Fsp3) is 0.583. The smallest absolute Gasteiger partial charge is 0.0402 e. The molecule has 1 aromatic heterocycles. The molecule has 2 N–H and O–H groups in total. The quantitative estimate of drug-likeness (QED) is 0.795. The first-order chi connectivity index (χ1) is 7.31. The highest BCUT2D eigenvalue weighted by Gasteiger charge is 2.28. The van der Waals surface area contributed by atoms with Gasteiger partial charge in [0.25, 0.3) is 0 Å². The Hall–Kier alpha value is -1.09. The van der Waals surface area contributed by atoms with Crippen molar-refractivity contribution in [1.29, 1.82) is 0 Å². The lowest BCUT2D eigenvalue weighted by atomic mass is 10.2. The molecule has 0 radical (unpaired) electrons. The Kier molecular flexibility index (Phi) is 3.21. The molecule has 1 heterocycles. The normalized spacial score (nSPS) is 15.3. The number of rotatable bonds is 5. The lowest BCUT2D eigenvalue weighted by Crippen LogP contribution is -2.28. The van der Waals surface area contributed by atoms with Crippen molar-refractivity contribution in [2.45, 2.75) is 32.2 Å². The summed E-state index contributed by atoms with van der Waals surface area (Å²) in [6, 6.07) is 5.01. The van der Waals surface area contributed by atoms with Crippen LogP contribution in [-0.4, -0.2) is 24.1 Å². The van der Waals surface area contributed by atoms with Gasteiger partial charge in [-0.1, -0.05) is 0 Å². The van der Waals surface area contributed by atoms with Gasteiger partial charge in [-0.15, -0.1) is 0 Å². The molecule has 82 valence electrons. The van der Waals surface area contributed by atoms with Crippen LogP contribution in [-0.2, 0) is 0 Å². The number of hydrogen-bond donors (Lipinski definition) is 1. The number of nitrogens with zero attached hydrogens (tertiary/aromatic N) is 2. The number of aryl methyl sites for hydroxylation is 1. The average Bonchev–Trinajstić information content (AvgIpc) is 3.03. The maximum atomic E-state index is 5.57. The average molecular weight is 205 g/mol. The van der Waals surface area contributed by atoms with E-state index in [4.69, 9.17) is 5.73 Å². The van der Waals surface area contributed by atoms with Crippen molar-refractivity contribution in [3.8, 4) is 0 Å². The number of hydrogen-bond acceptors (Lipinski definition) is 3. The van der Waals surface area contributed by atoms with E-state index in [1.807, 2.05) is 13.1 Å². The molecule has 1 aliphatic carbocycles. The highest BCUT2D eigenvalue weighted by molar-refractivity contribution is 5.48. The standard InChI is InChI=1S/C12H19N3/c1-10-9-12(5-7-14-10)15(8-2-6-13)11-3-4-11/h5,7,9,11H,2-4,6,8,13H2,1H3. The summed E-state index contributed by atoms with van der Waals surface area (Å²) in [6.45, 7) is 3.88. The van der Waals surface area contributed by atoms with Gasteiger partial charge in [-0.25, -0.2) is 0 Å². The molecule has 3 heteroatoms. The highest BCUT2D eigenvalue weighted by Crippen LogP contribution is 2.31. The Morgan fingerprint density at radius 3 is 2.93 bits per heavy atom. The number of pyridine rings is 1. The molecule has 1 saturated carbocycles. The number of nitrogens with two attached hydrogens (primary N) is 1. The first-order valence-corrected chi connectivity index (χ1v) is 5.70. The number of anilines is 1. The summed E-state index contributed by atoms with van der Waals surface area (Å²) in [5, 5.41) is 0. The Morgan fingerprint density at radius 1 is 1.53 bits per heavy atom. The second-order valence-electron chi connectivity index (χ2n) is 4.22. The lowest BCUT2D eigenvalue weighted by molar-refractivity contribution is 0.731. The summed E-state index contributed by atoms with van der Waals surface area (Å²) in [5.74, 6) is 0. The van der Waals surface area contributed by atoms with Gasteiger partial charge in [0.1, 0.15) is 0 Å². The monoisotopic (exact) mass is 205 g/mol. The van der Waals surface area contributed by atoms with Gasteiger partial charge in [0.05, 0.1) is 0 Å². The molecule has 0 amide bonds. The second-order valence-corrected chi connectivity index (χ2v) is 4.22. The topological polar surface area (TPSA) is 42.1 Å². The van der Waals surface area contributed by atoms with Gasteiger partial charge in [-0.05, 0) is 44.9 Å². The third-order valence-corrected chi connectivity index (χ3v) is 2.80. The van der Waals surface area contributed by atoms with Crippen LogP contribution in [0.2, 0.25) is 0 Å². The molecule has 1 aromatic rings. The maximum Gasteiger partial charge on any atom is 0.0402 e. The molecule has 1 fully saturated rings. The molecule has 0 aromatic carbocycles. The van der Waals surface area contributed by atoms with Gasteiger partial charge in [-0.3, -0.25) is 4.98 Å². The third kappa shape index (κ3) is 2.69. The minimum atomic E-state index is 0.748. The molecular formula is C12H19N3. The van der Waals surface area contributed by atoms with Crippen molar-refractivity contribution in [3.05, 3.63) is 24.0 Å². The Bertz CT molecular complexity index is 320. The van der Waals surface area contributed by atoms with Crippen LogP contribution >= 0.6 is 0 Å². The first-order valence-electron chi connectivity index (χ1n) is 5.70. The Labute approximate surface area is 91.3 Å². The van der Waals surface area contributed by atoms with Crippen LogP contribution in [0.1, 0.15) is 25.0 Å². The second kappa shape index (κ2) is 4.62. The first kappa shape index (κ1) is 10.4. The minimum Gasteiger partial charge on any atom is -0.368 e. The SMILES string of the molecule is Cc1cc(N(CCCN)C2CC2)ccn1. The molecule has 15 heavy (non-hydrogen) atoms. The fourth-order valence-corrected chi connectivity index (χ4v) is 1.88. The molecule has 0 bridgehead atoms. The zero-order valence-corrected chi connectivity index (χ0v) is 9.32. The largest absolute Gasteiger partial charge is 0.368 e. The summed E-state index contributed by atoms with van der Waals surface area (Å²) in [6.07, 6.45) is 5.61. The summed E-state index contributed by atoms with van der Waals surface area (Å²) in [5.41, 5.74) is 7.96. The van der Waals surface area contributed by atoms with Crippen LogP contribution in [0.4, 0.5) is 5.69 Å². The van der Waals surface area contributed by atoms with Gasteiger partial charge in [0.15, 0.2) is 0 Å². The molecule has 0 spiro atoms. The van der Waals surface area contributed by atoms with E-state index in [1.165, 1.54) is 18.5 Å². The van der Waals surface area contributed by atoms with Crippen LogP contribution < -0.4 is 10.6 Å². The van der Waals surface area contributed by atoms with Crippen LogP contribution in [0, 0.1) is 6.92 Å². The Morgan fingerprint density at radius 2 is 2.33 bits per heavy atom. The van der Waals surface area contributed by atoms with Crippen molar-refractivity contribution >= 4 is 5.69 Å². The van der Waals surface area contributed by atoms with Crippen molar-refractivity contribution in [1.82, 2.24) is 4.98 Å². The van der Waals surface area contributed by atoms with E-state index in [-0.39, 0.29) is 0 Å². The van der Waals surface area contributed by atoms with E-state index in [2.05, 4.69) is 22.0 Å². The van der Waals surface area contributed by atoms with Gasteiger partial charge in [0.2, 0.25) is 0 Å². The lowest BCUT2D eigenvalue weighted by Gasteiger charge is -2.24. The molecule has 3 nitrogen and oxygen atoms in total. The fourth-order valence-electron chi connectivity index (χ4n) is 1.88. The molecule has 0 unspecified atom stereocenters. The van der Waals surface area contributed by atoms with E-state index >= 15 is 0 Å². The Balaban J connectivity index is 2.09. The maximum absolute atomic E-state index is 5.57. The molecule has 1 aliphatic rings.